The van der Waals surface area contributed by atoms with Crippen LogP contribution < -0.4 is 30.5 Å². The summed E-state index contributed by atoms with van der Waals surface area (Å²) in [5.74, 6) is 0. The van der Waals surface area contributed by atoms with Gasteiger partial charge >= 0.3 is 0 Å². The first-order valence-electron chi connectivity index (χ1n) is 21.7. The molecule has 61 heavy (non-hydrogen) atoms. The molecule has 306 valence electrons. The monoisotopic (exact) mass is 896 g/mol. The number of rotatable bonds is 6. The first kappa shape index (κ1) is 40.2. The van der Waals surface area contributed by atoms with Gasteiger partial charge < -0.3 is 9.80 Å². The molecule has 0 saturated heterocycles. The van der Waals surface area contributed by atoms with Crippen LogP contribution in [0.3, 0.4) is 0 Å². The first-order valence-corrected chi connectivity index (χ1v) is 24.9. The van der Waals surface area contributed by atoms with Crippen molar-refractivity contribution in [3.8, 4) is 0 Å². The lowest BCUT2D eigenvalue weighted by molar-refractivity contribution is 0.403. The summed E-state index contributed by atoms with van der Waals surface area (Å²) >= 11 is 11.8. The van der Waals surface area contributed by atoms with Crippen molar-refractivity contribution in [3.63, 3.8) is 0 Å². The van der Waals surface area contributed by atoms with Crippen LogP contribution >= 0.6 is 27.5 Å². The largest absolute Gasteiger partial charge is 0.309 e. The average molecular weight is 899 g/mol. The van der Waals surface area contributed by atoms with Gasteiger partial charge in [-0.1, -0.05) is 176 Å². The molecule has 5 heteroatoms. The predicted molar refractivity (Wildman–Crippen MR) is 267 cm³/mol. The first-order chi connectivity index (χ1) is 29.0. The van der Waals surface area contributed by atoms with E-state index in [1.165, 1.54) is 54.4 Å². The summed E-state index contributed by atoms with van der Waals surface area (Å²) in [6.45, 7) is 19.2. The van der Waals surface area contributed by atoms with Gasteiger partial charge in [-0.2, -0.15) is 0 Å². The van der Waals surface area contributed by atoms with Crippen LogP contribution in [-0.2, 0) is 21.7 Å². The van der Waals surface area contributed by atoms with E-state index >= 15 is 0 Å². The molecule has 0 saturated carbocycles. The number of hydrogen-bond acceptors (Lipinski definition) is 2. The smallest absolute Gasteiger partial charge is 0.184 e. The standard InChI is InChI=1S/C56H54BrClN2Si/c1-53(2)35-55(5,6)44-33-38(27-29-42(44)53)59(39-28-30-43-45(34-39)56(7,8)36-54(43,3)4)48-31-37(58)32-49(52(48)57)60-46-23-15-17-25-50(46)61(40-19-11-9-12-20-40,41-21-13-10-14-22-41)51-26-18-16-24-47(51)60/h9-34H,35-36H2,1-8H3. The van der Waals surface area contributed by atoms with Crippen LogP contribution in [0.1, 0.15) is 90.5 Å². The van der Waals surface area contributed by atoms with Crippen molar-refractivity contribution in [2.24, 2.45) is 0 Å². The Labute approximate surface area is 377 Å². The van der Waals surface area contributed by atoms with E-state index in [1.807, 2.05) is 0 Å². The van der Waals surface area contributed by atoms with E-state index in [0.717, 1.165) is 40.1 Å². The van der Waals surface area contributed by atoms with Crippen molar-refractivity contribution in [3.05, 3.63) is 189 Å². The summed E-state index contributed by atoms with van der Waals surface area (Å²) in [5.41, 5.74) is 12.6. The van der Waals surface area contributed by atoms with Gasteiger partial charge in [0.2, 0.25) is 0 Å². The van der Waals surface area contributed by atoms with E-state index in [1.54, 1.807) is 0 Å². The lowest BCUT2D eigenvalue weighted by Gasteiger charge is -2.45. The second-order valence-corrected chi connectivity index (χ2v) is 25.3. The van der Waals surface area contributed by atoms with Gasteiger partial charge in [-0.3, -0.25) is 0 Å². The zero-order chi connectivity index (χ0) is 42.7. The normalized spacial score (nSPS) is 18.2. The van der Waals surface area contributed by atoms with Gasteiger partial charge in [-0.15, -0.1) is 0 Å². The van der Waals surface area contributed by atoms with Gasteiger partial charge in [0, 0.05) is 27.8 Å². The Morgan fingerprint density at radius 2 is 0.885 bits per heavy atom. The molecule has 0 aromatic heterocycles. The Morgan fingerprint density at radius 1 is 0.475 bits per heavy atom. The maximum Gasteiger partial charge on any atom is 0.184 e. The molecule has 0 bridgehead atoms. The SMILES string of the molecule is CC1(C)CC(C)(C)c2cc(N(c3ccc4c(c3)C(C)(C)CC4(C)C)c3cc(Cl)cc(N4c5ccccc5[Si](c5ccccc5)(c5ccccc5)c5ccccc54)c3Br)ccc21. The third-order valence-corrected chi connectivity index (χ3v) is 20.1. The molecule has 0 radical (unpaired) electrons. The summed E-state index contributed by atoms with van der Waals surface area (Å²) in [4.78, 5) is 4.92. The topological polar surface area (TPSA) is 6.48 Å². The fraction of sp³-hybridized carbons (Fsp3) is 0.250. The number of benzene rings is 7. The van der Waals surface area contributed by atoms with Gasteiger partial charge in [0.15, 0.2) is 8.07 Å². The Kier molecular flexibility index (Phi) is 9.28. The molecule has 7 aromatic rings. The molecule has 0 unspecified atom stereocenters. The summed E-state index contributed by atoms with van der Waals surface area (Å²) in [7, 11) is -2.79. The molecule has 0 fully saturated rings. The van der Waals surface area contributed by atoms with Crippen LogP contribution in [0.2, 0.25) is 5.02 Å². The van der Waals surface area contributed by atoms with Crippen LogP contribution in [0.4, 0.5) is 34.1 Å². The number of anilines is 6. The van der Waals surface area contributed by atoms with E-state index in [4.69, 9.17) is 11.6 Å². The van der Waals surface area contributed by atoms with E-state index in [-0.39, 0.29) is 21.7 Å². The van der Waals surface area contributed by atoms with Gasteiger partial charge in [0.05, 0.1) is 15.8 Å². The summed E-state index contributed by atoms with van der Waals surface area (Å²) in [6.07, 6.45) is 2.22. The molecule has 3 aliphatic rings. The number of fused-ring (bicyclic) bond motifs is 4. The summed E-state index contributed by atoms with van der Waals surface area (Å²) in [6, 6.07) is 59.2. The third kappa shape index (κ3) is 6.14. The molecule has 1 heterocycles. The maximum absolute atomic E-state index is 7.45. The van der Waals surface area contributed by atoms with E-state index < -0.39 is 8.07 Å². The van der Waals surface area contributed by atoms with E-state index in [9.17, 15) is 0 Å². The van der Waals surface area contributed by atoms with Crippen LogP contribution in [0.25, 0.3) is 0 Å². The zero-order valence-electron chi connectivity index (χ0n) is 36.6. The van der Waals surface area contributed by atoms with E-state index in [0.29, 0.717) is 5.02 Å². The minimum atomic E-state index is -2.79. The number of hydrogen-bond donors (Lipinski definition) is 0. The molecule has 0 N–H and O–H groups in total. The maximum atomic E-state index is 7.45. The Morgan fingerprint density at radius 3 is 1.34 bits per heavy atom. The van der Waals surface area contributed by atoms with Crippen LogP contribution in [0, 0.1) is 0 Å². The predicted octanol–water partition coefficient (Wildman–Crippen LogP) is 13.7. The molecular weight excluding hydrogens is 844 g/mol. The molecule has 1 aliphatic heterocycles. The lowest BCUT2D eigenvalue weighted by Crippen LogP contribution is -2.77. The minimum absolute atomic E-state index is 0.0380. The van der Waals surface area contributed by atoms with E-state index in [2.05, 4.69) is 239 Å². The van der Waals surface area contributed by atoms with Gasteiger partial charge in [0.1, 0.15) is 0 Å². The fourth-order valence-electron chi connectivity index (χ4n) is 12.2. The highest BCUT2D eigenvalue weighted by molar-refractivity contribution is 9.10. The molecular formula is C56H54BrClN2Si. The number of nitrogens with zero attached hydrogens (tertiary/aromatic N) is 2. The minimum Gasteiger partial charge on any atom is -0.309 e. The third-order valence-electron chi connectivity index (χ3n) is 14.2. The highest BCUT2D eigenvalue weighted by atomic mass is 79.9. The highest BCUT2D eigenvalue weighted by Gasteiger charge is 2.49. The van der Waals surface area contributed by atoms with Crippen LogP contribution in [0.15, 0.2) is 162 Å². The summed E-state index contributed by atoms with van der Waals surface area (Å²) in [5, 5.41) is 6.11. The second kappa shape index (κ2) is 14.1. The highest BCUT2D eigenvalue weighted by Crippen LogP contribution is 2.55. The molecule has 0 amide bonds. The van der Waals surface area contributed by atoms with Crippen molar-refractivity contribution in [2.75, 3.05) is 9.80 Å². The Hall–Kier alpha value is -4.87. The fourth-order valence-corrected chi connectivity index (χ4v) is 18.1. The average Bonchev–Trinajstić information content (AvgIpc) is 3.55. The lowest BCUT2D eigenvalue weighted by atomic mass is 9.82. The van der Waals surface area contributed by atoms with Crippen molar-refractivity contribution in [2.45, 2.75) is 89.9 Å². The summed E-state index contributed by atoms with van der Waals surface area (Å²) < 4.78 is 0.982. The molecule has 7 aromatic carbocycles. The van der Waals surface area contributed by atoms with Crippen LogP contribution in [0.5, 0.6) is 0 Å². The molecule has 2 nitrogen and oxygen atoms in total. The number of halogens is 2. The van der Waals surface area contributed by atoms with Crippen molar-refractivity contribution in [1.29, 1.82) is 0 Å². The van der Waals surface area contributed by atoms with Crippen molar-refractivity contribution >= 4 is 90.5 Å². The Balaban J connectivity index is 1.24. The van der Waals surface area contributed by atoms with Crippen molar-refractivity contribution < 1.29 is 0 Å². The zero-order valence-corrected chi connectivity index (χ0v) is 39.9. The van der Waals surface area contributed by atoms with Gasteiger partial charge in [-0.25, -0.2) is 0 Å². The van der Waals surface area contributed by atoms with Gasteiger partial charge in [0.25, 0.3) is 0 Å². The quantitative estimate of drug-likeness (QED) is 0.153. The molecule has 0 atom stereocenters. The Bertz CT molecular complexity index is 2690. The number of para-hydroxylation sites is 2. The van der Waals surface area contributed by atoms with Crippen LogP contribution in [-0.4, -0.2) is 8.07 Å². The van der Waals surface area contributed by atoms with Gasteiger partial charge in [-0.05, 0) is 142 Å². The van der Waals surface area contributed by atoms with Crippen molar-refractivity contribution in [1.82, 2.24) is 0 Å². The molecule has 2 aliphatic carbocycles. The molecule has 10 rings (SSSR count). The molecule has 0 spiro atoms. The second-order valence-electron chi connectivity index (χ2n) is 20.3.